The summed E-state index contributed by atoms with van der Waals surface area (Å²) in [5.41, 5.74) is 0.855. The molecule has 4 fully saturated rings. The second kappa shape index (κ2) is 3.87. The van der Waals surface area contributed by atoms with Gasteiger partial charge in [-0.15, -0.1) is 0 Å². The molecule has 0 unspecified atom stereocenters. The third-order valence-corrected chi connectivity index (χ3v) is 5.72. The summed E-state index contributed by atoms with van der Waals surface area (Å²) in [6.07, 6.45) is 10.3. The van der Waals surface area contributed by atoms with E-state index in [9.17, 15) is 9.90 Å². The summed E-state index contributed by atoms with van der Waals surface area (Å²) in [5.74, 6) is 1.98. The molecular formula is C16H21NO2. The first-order valence-corrected chi connectivity index (χ1v) is 7.52. The molecule has 0 radical (unpaired) electrons. The summed E-state index contributed by atoms with van der Waals surface area (Å²) in [5, 5.41) is 9.25. The first kappa shape index (κ1) is 11.6. The largest absolute Gasteiger partial charge is 0.477 e. The van der Waals surface area contributed by atoms with Crippen LogP contribution in [0.15, 0.2) is 18.3 Å². The van der Waals surface area contributed by atoms with Crippen molar-refractivity contribution in [3.8, 4) is 0 Å². The van der Waals surface area contributed by atoms with Gasteiger partial charge in [0, 0.05) is 12.7 Å². The molecule has 4 saturated carbocycles. The van der Waals surface area contributed by atoms with Crippen LogP contribution in [0.4, 0.5) is 0 Å². The standard InChI is InChI=1S/C16H21NO2/c18-15(19)14-2-1-3-17(14)10-16-7-11-4-12(8-16)6-13(5-11)9-16/h1-3,11-13H,4-10H2,(H,18,19). The molecule has 0 saturated heterocycles. The number of carboxylic acid groups (broad SMARTS) is 1. The molecule has 0 aromatic carbocycles. The quantitative estimate of drug-likeness (QED) is 0.904. The van der Waals surface area contributed by atoms with Gasteiger partial charge in [-0.05, 0) is 73.8 Å². The van der Waals surface area contributed by atoms with E-state index in [4.69, 9.17) is 0 Å². The number of rotatable bonds is 3. The van der Waals surface area contributed by atoms with Gasteiger partial charge < -0.3 is 9.67 Å². The Morgan fingerprint density at radius 1 is 1.21 bits per heavy atom. The highest BCUT2D eigenvalue weighted by Crippen LogP contribution is 2.60. The van der Waals surface area contributed by atoms with Gasteiger partial charge in [-0.1, -0.05) is 0 Å². The summed E-state index contributed by atoms with van der Waals surface area (Å²) < 4.78 is 1.98. The number of hydrogen-bond donors (Lipinski definition) is 1. The van der Waals surface area contributed by atoms with Crippen molar-refractivity contribution in [1.29, 1.82) is 0 Å². The number of hydrogen-bond acceptors (Lipinski definition) is 1. The molecule has 1 heterocycles. The molecule has 4 bridgehead atoms. The summed E-state index contributed by atoms with van der Waals surface area (Å²) in [6.45, 7) is 0.922. The highest BCUT2D eigenvalue weighted by Gasteiger charge is 2.50. The number of carboxylic acids is 1. The zero-order valence-electron chi connectivity index (χ0n) is 11.2. The van der Waals surface area contributed by atoms with Crippen LogP contribution in [-0.2, 0) is 6.54 Å². The Kier molecular flexibility index (Phi) is 2.36. The Morgan fingerprint density at radius 2 is 1.79 bits per heavy atom. The Hall–Kier alpha value is -1.25. The van der Waals surface area contributed by atoms with Crippen LogP contribution in [0, 0.1) is 23.2 Å². The lowest BCUT2D eigenvalue weighted by atomic mass is 9.49. The summed E-state index contributed by atoms with van der Waals surface area (Å²) >= 11 is 0. The van der Waals surface area contributed by atoms with Crippen LogP contribution in [0.3, 0.4) is 0 Å². The van der Waals surface area contributed by atoms with Crippen LogP contribution in [0.5, 0.6) is 0 Å². The summed E-state index contributed by atoms with van der Waals surface area (Å²) in [7, 11) is 0. The fourth-order valence-corrected chi connectivity index (χ4v) is 5.59. The SMILES string of the molecule is O=C(O)c1cccn1CC12CC3CC(CC(C3)C1)C2. The lowest BCUT2D eigenvalue weighted by Crippen LogP contribution is -2.48. The molecule has 0 aliphatic heterocycles. The predicted octanol–water partition coefficient (Wildman–Crippen LogP) is 3.40. The van der Waals surface area contributed by atoms with Crippen molar-refractivity contribution >= 4 is 5.97 Å². The van der Waals surface area contributed by atoms with E-state index in [2.05, 4.69) is 0 Å². The molecule has 1 aromatic heterocycles. The first-order valence-electron chi connectivity index (χ1n) is 7.52. The highest BCUT2D eigenvalue weighted by atomic mass is 16.4. The molecule has 102 valence electrons. The second-order valence-electron chi connectivity index (χ2n) is 7.24. The smallest absolute Gasteiger partial charge is 0.352 e. The number of aromatic carboxylic acids is 1. The average molecular weight is 259 g/mol. The topological polar surface area (TPSA) is 42.2 Å². The van der Waals surface area contributed by atoms with E-state index in [1.54, 1.807) is 6.07 Å². The van der Waals surface area contributed by atoms with E-state index in [-0.39, 0.29) is 0 Å². The maximum atomic E-state index is 11.2. The van der Waals surface area contributed by atoms with E-state index in [1.165, 1.54) is 38.5 Å². The van der Waals surface area contributed by atoms with E-state index in [0.29, 0.717) is 11.1 Å². The minimum Gasteiger partial charge on any atom is -0.477 e. The van der Waals surface area contributed by atoms with E-state index < -0.39 is 5.97 Å². The molecule has 4 aliphatic carbocycles. The van der Waals surface area contributed by atoms with Crippen molar-refractivity contribution in [1.82, 2.24) is 4.57 Å². The molecule has 0 amide bonds. The average Bonchev–Trinajstić information content (AvgIpc) is 2.74. The monoisotopic (exact) mass is 259 g/mol. The van der Waals surface area contributed by atoms with Crippen molar-refractivity contribution in [2.45, 2.75) is 45.1 Å². The van der Waals surface area contributed by atoms with Crippen molar-refractivity contribution in [3.63, 3.8) is 0 Å². The number of aromatic nitrogens is 1. The molecule has 3 heteroatoms. The van der Waals surface area contributed by atoms with Crippen LogP contribution in [-0.4, -0.2) is 15.6 Å². The van der Waals surface area contributed by atoms with Crippen LogP contribution < -0.4 is 0 Å². The minimum absolute atomic E-state index is 0.401. The summed E-state index contributed by atoms with van der Waals surface area (Å²) in [6, 6.07) is 3.59. The fourth-order valence-electron chi connectivity index (χ4n) is 5.59. The van der Waals surface area contributed by atoms with Crippen LogP contribution in [0.2, 0.25) is 0 Å². The van der Waals surface area contributed by atoms with Crippen LogP contribution in [0.1, 0.15) is 49.0 Å². The maximum absolute atomic E-state index is 11.2. The zero-order chi connectivity index (χ0) is 13.0. The van der Waals surface area contributed by atoms with Crippen LogP contribution in [0.25, 0.3) is 0 Å². The first-order chi connectivity index (χ1) is 9.13. The number of nitrogens with zero attached hydrogens (tertiary/aromatic N) is 1. The third-order valence-electron chi connectivity index (χ3n) is 5.72. The van der Waals surface area contributed by atoms with Gasteiger partial charge >= 0.3 is 5.97 Å². The van der Waals surface area contributed by atoms with Gasteiger partial charge in [0.15, 0.2) is 0 Å². The molecule has 1 N–H and O–H groups in total. The van der Waals surface area contributed by atoms with Gasteiger partial charge in [-0.2, -0.15) is 0 Å². The molecule has 19 heavy (non-hydrogen) atoms. The molecule has 4 aliphatic rings. The van der Waals surface area contributed by atoms with E-state index in [0.717, 1.165) is 24.3 Å². The number of carbonyl (C=O) groups is 1. The second-order valence-corrected chi connectivity index (χ2v) is 7.24. The highest BCUT2D eigenvalue weighted by molar-refractivity contribution is 5.85. The maximum Gasteiger partial charge on any atom is 0.352 e. The van der Waals surface area contributed by atoms with Crippen molar-refractivity contribution in [2.24, 2.45) is 23.2 Å². The molecule has 0 atom stereocenters. The zero-order valence-corrected chi connectivity index (χ0v) is 11.2. The van der Waals surface area contributed by atoms with E-state index >= 15 is 0 Å². The summed E-state index contributed by atoms with van der Waals surface area (Å²) in [4.78, 5) is 11.2. The van der Waals surface area contributed by atoms with Crippen LogP contribution >= 0.6 is 0 Å². The molecular weight excluding hydrogens is 238 g/mol. The molecule has 0 spiro atoms. The van der Waals surface area contributed by atoms with Crippen molar-refractivity contribution in [2.75, 3.05) is 0 Å². The Labute approximate surface area is 113 Å². The van der Waals surface area contributed by atoms with Gasteiger partial charge in [0.05, 0.1) is 0 Å². The lowest BCUT2D eigenvalue weighted by Gasteiger charge is -2.57. The third kappa shape index (κ3) is 1.82. The van der Waals surface area contributed by atoms with Gasteiger partial charge in [0.25, 0.3) is 0 Å². The van der Waals surface area contributed by atoms with Gasteiger partial charge in [-0.3, -0.25) is 0 Å². The molecule has 5 rings (SSSR count). The van der Waals surface area contributed by atoms with Crippen molar-refractivity contribution in [3.05, 3.63) is 24.0 Å². The van der Waals surface area contributed by atoms with E-state index in [1.807, 2.05) is 16.8 Å². The molecule has 3 nitrogen and oxygen atoms in total. The van der Waals surface area contributed by atoms with Gasteiger partial charge in [-0.25, -0.2) is 4.79 Å². The van der Waals surface area contributed by atoms with Crippen molar-refractivity contribution < 1.29 is 9.90 Å². The van der Waals surface area contributed by atoms with Gasteiger partial charge in [0.2, 0.25) is 0 Å². The normalized spacial score (nSPS) is 39.7. The Morgan fingerprint density at radius 3 is 2.32 bits per heavy atom. The molecule has 1 aromatic rings. The van der Waals surface area contributed by atoms with Gasteiger partial charge in [0.1, 0.15) is 5.69 Å². The predicted molar refractivity (Wildman–Crippen MR) is 72.0 cm³/mol. The fraction of sp³-hybridized carbons (Fsp3) is 0.688. The lowest BCUT2D eigenvalue weighted by molar-refractivity contribution is -0.0621. The Bertz CT molecular complexity index is 481. The Balaban J connectivity index is 1.62. The minimum atomic E-state index is -0.797.